The largest absolute Gasteiger partial charge is 0.511 e. The molecule has 2 amide bonds. The van der Waals surface area contributed by atoms with Crippen LogP contribution in [0.15, 0.2) is 131 Å². The van der Waals surface area contributed by atoms with Crippen LogP contribution in [-0.4, -0.2) is 136 Å². The first-order chi connectivity index (χ1) is 36.6. The third kappa shape index (κ3) is 16.0. The number of amides is 2. The molecule has 0 spiro atoms. The van der Waals surface area contributed by atoms with Crippen molar-refractivity contribution in [1.29, 1.82) is 0 Å². The number of aliphatic imine (C=N–C) groups is 3. The van der Waals surface area contributed by atoms with Gasteiger partial charge in [0, 0.05) is 78.6 Å². The highest BCUT2D eigenvalue weighted by Crippen LogP contribution is 2.46. The molecule has 18 nitrogen and oxygen atoms in total. The lowest BCUT2D eigenvalue weighted by atomic mass is 9.86. The van der Waals surface area contributed by atoms with Crippen LogP contribution < -0.4 is 27.0 Å². The van der Waals surface area contributed by atoms with Gasteiger partial charge in [0.25, 0.3) is 0 Å². The molecule has 4 unspecified atom stereocenters. The van der Waals surface area contributed by atoms with E-state index >= 15 is 0 Å². The SMILES string of the molecule is C=CC1=C(C)C2=NC1=CC1=NC(=CC3=C(C)C4=C(O)CC(=C5NC(=C2)[C@@H](C)C5CCC(=O)NC(CCCCNC(C)C=COC(C)COCC(=O)NCCCOCCOCCOCCCN)C(=O)O)C4=N3)C(CC)=C1C. The number of fused-ring (bicyclic) bond motifs is 5. The summed E-state index contributed by atoms with van der Waals surface area (Å²) in [7, 11) is 0. The van der Waals surface area contributed by atoms with Crippen LogP contribution in [0.4, 0.5) is 0 Å². The summed E-state index contributed by atoms with van der Waals surface area (Å²) in [5.74, 6) is -1.58. The van der Waals surface area contributed by atoms with E-state index in [9.17, 15) is 24.6 Å². The summed E-state index contributed by atoms with van der Waals surface area (Å²) < 4.78 is 27.6. The number of unbranched alkanes of at least 4 members (excludes halogenated alkanes) is 1. The summed E-state index contributed by atoms with van der Waals surface area (Å²) in [6.45, 7) is 23.4. The average molecular weight is 1050 g/mol. The van der Waals surface area contributed by atoms with Gasteiger partial charge in [-0.05, 0) is 139 Å². The summed E-state index contributed by atoms with van der Waals surface area (Å²) in [6, 6.07) is -1.05. The fraction of sp³-hybridized carbons (Fsp3) is 0.552. The van der Waals surface area contributed by atoms with Crippen LogP contribution in [0.25, 0.3) is 0 Å². The second-order valence-corrected chi connectivity index (χ2v) is 19.9. The monoisotopic (exact) mass is 1050 g/mol. The van der Waals surface area contributed by atoms with Gasteiger partial charge in [0.15, 0.2) is 0 Å². The van der Waals surface area contributed by atoms with Gasteiger partial charge in [0.05, 0.1) is 73.5 Å². The summed E-state index contributed by atoms with van der Waals surface area (Å²) >= 11 is 0. The van der Waals surface area contributed by atoms with Gasteiger partial charge in [-0.15, -0.1) is 0 Å². The third-order valence-corrected chi connectivity index (χ3v) is 14.3. The van der Waals surface area contributed by atoms with E-state index in [0.29, 0.717) is 91.4 Å². The molecule has 0 radical (unpaired) electrons. The van der Waals surface area contributed by atoms with Crippen LogP contribution in [0.3, 0.4) is 0 Å². The van der Waals surface area contributed by atoms with Crippen molar-refractivity contribution in [1.82, 2.24) is 21.3 Å². The summed E-state index contributed by atoms with van der Waals surface area (Å²) in [5, 5.41) is 34.4. The second-order valence-electron chi connectivity index (χ2n) is 19.9. The molecule has 0 aromatic heterocycles. The number of aliphatic hydroxyl groups is 1. The quantitative estimate of drug-likeness (QED) is 0.0255. The first kappa shape index (κ1) is 59.2. The lowest BCUT2D eigenvalue weighted by Crippen LogP contribution is -2.41. The van der Waals surface area contributed by atoms with Crippen molar-refractivity contribution in [2.24, 2.45) is 32.5 Å². The highest BCUT2D eigenvalue weighted by Gasteiger charge is 2.41. The lowest BCUT2D eigenvalue weighted by molar-refractivity contribution is -0.142. The van der Waals surface area contributed by atoms with Gasteiger partial charge in [0.2, 0.25) is 11.8 Å². The zero-order valence-corrected chi connectivity index (χ0v) is 45.8. The Bertz CT molecular complexity index is 2560. The Morgan fingerprint density at radius 2 is 1.59 bits per heavy atom. The topological polar surface area (TPSA) is 249 Å². The van der Waals surface area contributed by atoms with Crippen molar-refractivity contribution in [3.63, 3.8) is 0 Å². The Hall–Kier alpha value is -6.02. The molecule has 6 aliphatic rings. The molecular formula is C58H82N8O10. The van der Waals surface area contributed by atoms with Crippen molar-refractivity contribution in [2.45, 2.75) is 124 Å². The number of aliphatic carboxylic acids is 1. The van der Waals surface area contributed by atoms with Crippen LogP contribution in [-0.2, 0) is 38.1 Å². The Labute approximate surface area is 448 Å². The zero-order valence-electron chi connectivity index (χ0n) is 45.8. The number of carboxylic acids is 1. The zero-order chi connectivity index (χ0) is 54.7. The fourth-order valence-corrected chi connectivity index (χ4v) is 9.90. The maximum atomic E-state index is 13.6. The number of aliphatic hydroxyl groups excluding tert-OH is 1. The molecule has 18 heteroatoms. The molecule has 414 valence electrons. The Morgan fingerprint density at radius 3 is 2.30 bits per heavy atom. The molecule has 8 N–H and O–H groups in total. The van der Waals surface area contributed by atoms with Crippen LogP contribution in [0, 0.1) is 11.8 Å². The molecular weight excluding hydrogens is 969 g/mol. The molecule has 5 heterocycles. The van der Waals surface area contributed by atoms with Gasteiger partial charge in [-0.25, -0.2) is 19.8 Å². The van der Waals surface area contributed by atoms with Crippen molar-refractivity contribution in [3.05, 3.63) is 116 Å². The summed E-state index contributed by atoms with van der Waals surface area (Å²) in [6.07, 6.45) is 15.9. The maximum absolute atomic E-state index is 13.6. The molecule has 5 aliphatic heterocycles. The summed E-state index contributed by atoms with van der Waals surface area (Å²) in [4.78, 5) is 53.5. The minimum atomic E-state index is -1.07. The molecule has 8 bridgehead atoms. The molecule has 1 fully saturated rings. The molecule has 0 aromatic rings. The van der Waals surface area contributed by atoms with E-state index in [1.165, 1.54) is 0 Å². The predicted octanol–water partition coefficient (Wildman–Crippen LogP) is 7.18. The molecule has 1 saturated heterocycles. The van der Waals surface area contributed by atoms with Gasteiger partial charge >= 0.3 is 5.97 Å². The first-order valence-electron chi connectivity index (χ1n) is 27.1. The standard InChI is InChI=1S/C58H82N8O10/c1-9-41-37(5)46-30-48-39(7)43(56(65-48)44-29-52(67)55-40(8)49(66-57(44)55)32-51-42(10-2)38(6)47(63-51)31-50(41)62-46)16-17-53(68)64-45(58(70)71)15-11-12-20-60-35(3)18-24-76-36(4)33-75-34-54(69)61-21-14-23-73-26-28-74-27-25-72-22-13-19-59/h9,18,24,30-32,35-36,39,43,45,60,65,67H,1,10-17,19-23,25-29,33-34,59H2,2-8H3,(H,61,69)(H,64,68)(H,70,71)/t35?,36?,39-,43?,45?/m0/s1. The minimum Gasteiger partial charge on any atom is -0.511 e. The van der Waals surface area contributed by atoms with Gasteiger partial charge in [0.1, 0.15) is 24.5 Å². The molecule has 1 aliphatic carbocycles. The number of nitrogens with zero attached hydrogens (tertiary/aromatic N) is 3. The van der Waals surface area contributed by atoms with E-state index in [4.69, 9.17) is 44.4 Å². The van der Waals surface area contributed by atoms with Crippen LogP contribution in [0.2, 0.25) is 0 Å². The van der Waals surface area contributed by atoms with Crippen molar-refractivity contribution in [3.8, 4) is 0 Å². The van der Waals surface area contributed by atoms with E-state index in [1.807, 2.05) is 52.0 Å². The number of nitrogens with two attached hydrogens (primary N) is 1. The van der Waals surface area contributed by atoms with Crippen molar-refractivity contribution in [2.75, 3.05) is 72.5 Å². The number of carbonyl (C=O) groups excluding carboxylic acids is 2. The molecule has 76 heavy (non-hydrogen) atoms. The van der Waals surface area contributed by atoms with Crippen LogP contribution in [0.1, 0.15) is 106 Å². The number of hydrogen-bond donors (Lipinski definition) is 7. The van der Waals surface area contributed by atoms with E-state index in [-0.39, 0.29) is 67.6 Å². The average Bonchev–Trinajstić information content (AvgIpc) is 4.19. The maximum Gasteiger partial charge on any atom is 0.326 e. The van der Waals surface area contributed by atoms with E-state index in [0.717, 1.165) is 97.5 Å². The fourth-order valence-electron chi connectivity index (χ4n) is 9.90. The molecule has 5 atom stereocenters. The van der Waals surface area contributed by atoms with E-state index < -0.39 is 12.0 Å². The van der Waals surface area contributed by atoms with Gasteiger partial charge in [-0.1, -0.05) is 26.5 Å². The molecule has 0 saturated carbocycles. The van der Waals surface area contributed by atoms with Crippen LogP contribution in [0.5, 0.6) is 0 Å². The minimum absolute atomic E-state index is 0.0166. The van der Waals surface area contributed by atoms with E-state index in [2.05, 4.69) is 54.7 Å². The smallest absolute Gasteiger partial charge is 0.326 e. The molecule has 0 aromatic carbocycles. The van der Waals surface area contributed by atoms with Gasteiger partial charge < -0.3 is 60.9 Å². The van der Waals surface area contributed by atoms with Gasteiger partial charge in [-0.2, -0.15) is 0 Å². The normalized spacial score (nSPS) is 20.2. The lowest BCUT2D eigenvalue weighted by Gasteiger charge is -2.19. The highest BCUT2D eigenvalue weighted by molar-refractivity contribution is 6.21. The Morgan fingerprint density at radius 1 is 0.882 bits per heavy atom. The highest BCUT2D eigenvalue weighted by atomic mass is 16.5. The van der Waals surface area contributed by atoms with E-state index in [1.54, 1.807) is 6.26 Å². The Kier molecular flexibility index (Phi) is 23.0. The number of carboxylic acid groups (broad SMARTS) is 1. The van der Waals surface area contributed by atoms with Gasteiger partial charge in [-0.3, -0.25) is 9.59 Å². The third-order valence-electron chi connectivity index (χ3n) is 14.3. The first-order valence-corrected chi connectivity index (χ1v) is 27.1. The Balaban J connectivity index is 0.931. The number of carbonyl (C=O) groups is 3. The number of hydrogen-bond acceptors (Lipinski definition) is 15. The van der Waals surface area contributed by atoms with Crippen molar-refractivity contribution >= 4 is 34.9 Å². The van der Waals surface area contributed by atoms with Crippen molar-refractivity contribution < 1.29 is 48.3 Å². The molecule has 6 rings (SSSR count). The number of rotatable bonds is 33. The summed E-state index contributed by atoms with van der Waals surface area (Å²) in [5.41, 5.74) is 18.7. The predicted molar refractivity (Wildman–Crippen MR) is 297 cm³/mol. The van der Waals surface area contributed by atoms with Crippen LogP contribution >= 0.6 is 0 Å². The number of ether oxygens (including phenoxy) is 5. The number of allylic oxidation sites excluding steroid dienone is 12. The second kappa shape index (κ2) is 29.5. The number of nitrogens with one attached hydrogen (secondary N) is 4.